The summed E-state index contributed by atoms with van der Waals surface area (Å²) in [5.41, 5.74) is 1.18. The molecule has 126 valence electrons. The highest BCUT2D eigenvalue weighted by molar-refractivity contribution is 7.86. The van der Waals surface area contributed by atoms with Crippen LogP contribution in [-0.2, 0) is 15.0 Å². The fourth-order valence-corrected chi connectivity index (χ4v) is 4.36. The Balaban J connectivity index is 1.66. The smallest absolute Gasteiger partial charge is 0.276 e. The number of likely N-dealkylation sites (tertiary alicyclic amines) is 1. The SMILES string of the molecule is NS(=O)(=O)N1CCC(C(=O)N2CCC[C@@H]2c2ccccc2)CC1. The molecule has 0 bridgehead atoms. The van der Waals surface area contributed by atoms with Crippen LogP contribution in [0, 0.1) is 5.92 Å². The van der Waals surface area contributed by atoms with E-state index in [0.717, 1.165) is 19.4 Å². The second kappa shape index (κ2) is 6.59. The van der Waals surface area contributed by atoms with Crippen LogP contribution in [0.1, 0.15) is 37.3 Å². The first kappa shape index (κ1) is 16.4. The lowest BCUT2D eigenvalue weighted by Crippen LogP contribution is -2.46. The second-order valence-electron chi connectivity index (χ2n) is 6.32. The summed E-state index contributed by atoms with van der Waals surface area (Å²) >= 11 is 0. The number of rotatable bonds is 3. The van der Waals surface area contributed by atoms with Crippen molar-refractivity contribution < 1.29 is 13.2 Å². The molecule has 2 N–H and O–H groups in total. The van der Waals surface area contributed by atoms with Gasteiger partial charge in [0.25, 0.3) is 10.2 Å². The molecule has 2 aliphatic heterocycles. The minimum atomic E-state index is -3.64. The van der Waals surface area contributed by atoms with Gasteiger partial charge in [-0.1, -0.05) is 30.3 Å². The number of hydrogen-bond donors (Lipinski definition) is 1. The quantitative estimate of drug-likeness (QED) is 0.901. The van der Waals surface area contributed by atoms with Crippen LogP contribution in [0.2, 0.25) is 0 Å². The van der Waals surface area contributed by atoms with E-state index in [9.17, 15) is 13.2 Å². The summed E-state index contributed by atoms with van der Waals surface area (Å²) in [5, 5.41) is 5.15. The highest BCUT2D eigenvalue weighted by atomic mass is 32.2. The first-order valence-corrected chi connectivity index (χ1v) is 9.60. The third-order valence-corrected chi connectivity index (χ3v) is 5.97. The molecule has 0 unspecified atom stereocenters. The van der Waals surface area contributed by atoms with E-state index in [1.165, 1.54) is 9.87 Å². The molecule has 2 fully saturated rings. The molecule has 2 saturated heterocycles. The highest BCUT2D eigenvalue weighted by Crippen LogP contribution is 2.34. The largest absolute Gasteiger partial charge is 0.335 e. The molecular formula is C16H23N3O3S. The van der Waals surface area contributed by atoms with Crippen LogP contribution in [0.5, 0.6) is 0 Å². The Morgan fingerprint density at radius 2 is 1.70 bits per heavy atom. The predicted molar refractivity (Wildman–Crippen MR) is 87.5 cm³/mol. The van der Waals surface area contributed by atoms with Crippen molar-refractivity contribution in [1.29, 1.82) is 0 Å². The zero-order valence-electron chi connectivity index (χ0n) is 13.1. The molecule has 7 heteroatoms. The highest BCUT2D eigenvalue weighted by Gasteiger charge is 2.36. The maximum atomic E-state index is 12.9. The lowest BCUT2D eigenvalue weighted by molar-refractivity contribution is -0.137. The molecular weight excluding hydrogens is 314 g/mol. The van der Waals surface area contributed by atoms with Gasteiger partial charge >= 0.3 is 0 Å². The maximum absolute atomic E-state index is 12.9. The van der Waals surface area contributed by atoms with Gasteiger partial charge < -0.3 is 4.90 Å². The maximum Gasteiger partial charge on any atom is 0.276 e. The summed E-state index contributed by atoms with van der Waals surface area (Å²) in [6.45, 7) is 1.45. The van der Waals surface area contributed by atoms with Gasteiger partial charge in [0.05, 0.1) is 6.04 Å². The van der Waals surface area contributed by atoms with E-state index < -0.39 is 10.2 Å². The second-order valence-corrected chi connectivity index (χ2v) is 7.86. The van der Waals surface area contributed by atoms with Gasteiger partial charge in [-0.05, 0) is 31.2 Å². The van der Waals surface area contributed by atoms with Crippen LogP contribution >= 0.6 is 0 Å². The number of nitrogens with two attached hydrogens (primary N) is 1. The van der Waals surface area contributed by atoms with E-state index in [-0.39, 0.29) is 17.9 Å². The van der Waals surface area contributed by atoms with E-state index in [1.54, 1.807) is 0 Å². The number of hydrogen-bond acceptors (Lipinski definition) is 3. The molecule has 1 aromatic carbocycles. The third kappa shape index (κ3) is 3.57. The topological polar surface area (TPSA) is 83.7 Å². The van der Waals surface area contributed by atoms with Gasteiger partial charge in [-0.3, -0.25) is 4.79 Å². The molecule has 0 spiro atoms. The molecule has 0 radical (unpaired) electrons. The predicted octanol–water partition coefficient (Wildman–Crippen LogP) is 1.27. The van der Waals surface area contributed by atoms with Gasteiger partial charge in [0.2, 0.25) is 5.91 Å². The summed E-state index contributed by atoms with van der Waals surface area (Å²) in [7, 11) is -3.64. The molecule has 0 aliphatic carbocycles. The van der Waals surface area contributed by atoms with Crippen LogP contribution in [0.4, 0.5) is 0 Å². The monoisotopic (exact) mass is 337 g/mol. The van der Waals surface area contributed by atoms with Crippen LogP contribution < -0.4 is 5.14 Å². The average Bonchev–Trinajstić information content (AvgIpc) is 3.04. The fourth-order valence-electron chi connectivity index (χ4n) is 3.64. The molecule has 3 rings (SSSR count). The van der Waals surface area contributed by atoms with Gasteiger partial charge in [-0.15, -0.1) is 0 Å². The number of amides is 1. The average molecular weight is 337 g/mol. The standard InChI is InChI=1S/C16H23N3O3S/c17-23(21,22)18-11-8-14(9-12-18)16(20)19-10-4-7-15(19)13-5-2-1-3-6-13/h1-3,5-6,14-15H,4,7-12H2,(H2,17,21,22)/t15-/m1/s1. The summed E-state index contributed by atoms with van der Waals surface area (Å²) < 4.78 is 24.0. The van der Waals surface area contributed by atoms with Crippen LogP contribution in [0.3, 0.4) is 0 Å². The minimum Gasteiger partial charge on any atom is -0.335 e. The summed E-state index contributed by atoms with van der Waals surface area (Å²) in [6, 6.07) is 10.3. The van der Waals surface area contributed by atoms with Gasteiger partial charge in [0.1, 0.15) is 0 Å². The van der Waals surface area contributed by atoms with E-state index in [4.69, 9.17) is 5.14 Å². The Morgan fingerprint density at radius 3 is 2.30 bits per heavy atom. The van der Waals surface area contributed by atoms with Crippen molar-refractivity contribution >= 4 is 16.1 Å². The van der Waals surface area contributed by atoms with Gasteiger partial charge in [0, 0.05) is 25.6 Å². The third-order valence-electron chi connectivity index (χ3n) is 4.88. The van der Waals surface area contributed by atoms with Crippen molar-refractivity contribution in [3.05, 3.63) is 35.9 Å². The summed E-state index contributed by atoms with van der Waals surface area (Å²) in [4.78, 5) is 14.8. The molecule has 0 aromatic heterocycles. The van der Waals surface area contributed by atoms with Crippen LogP contribution in [-0.4, -0.2) is 43.2 Å². The lowest BCUT2D eigenvalue weighted by atomic mass is 9.95. The van der Waals surface area contributed by atoms with Gasteiger partial charge in [0.15, 0.2) is 0 Å². The fraction of sp³-hybridized carbons (Fsp3) is 0.562. The number of carbonyl (C=O) groups is 1. The van der Waals surface area contributed by atoms with Crippen molar-refractivity contribution in [1.82, 2.24) is 9.21 Å². The Hall–Kier alpha value is -1.44. The molecule has 1 aromatic rings. The normalized spacial score (nSPS) is 24.0. The van der Waals surface area contributed by atoms with E-state index >= 15 is 0 Å². The van der Waals surface area contributed by atoms with Crippen LogP contribution in [0.25, 0.3) is 0 Å². The number of carbonyl (C=O) groups excluding carboxylic acids is 1. The Bertz CT molecular complexity index is 654. The molecule has 1 atom stereocenters. The van der Waals surface area contributed by atoms with Crippen molar-refractivity contribution in [2.75, 3.05) is 19.6 Å². The summed E-state index contributed by atoms with van der Waals surface area (Å²) in [6.07, 6.45) is 3.10. The number of nitrogens with zero attached hydrogens (tertiary/aromatic N) is 2. The van der Waals surface area contributed by atoms with Crippen molar-refractivity contribution in [2.24, 2.45) is 11.1 Å². The number of piperidine rings is 1. The van der Waals surface area contributed by atoms with Gasteiger partial charge in [-0.2, -0.15) is 12.7 Å². The molecule has 2 heterocycles. The molecule has 6 nitrogen and oxygen atoms in total. The van der Waals surface area contributed by atoms with Gasteiger partial charge in [-0.25, -0.2) is 5.14 Å². The molecule has 0 saturated carbocycles. The minimum absolute atomic E-state index is 0.0997. The summed E-state index contributed by atoms with van der Waals surface area (Å²) in [5.74, 6) is 0.0581. The van der Waals surface area contributed by atoms with E-state index in [2.05, 4.69) is 12.1 Å². The zero-order chi connectivity index (χ0) is 16.4. The van der Waals surface area contributed by atoms with Crippen molar-refractivity contribution in [3.8, 4) is 0 Å². The van der Waals surface area contributed by atoms with Crippen molar-refractivity contribution in [2.45, 2.75) is 31.7 Å². The van der Waals surface area contributed by atoms with E-state index in [0.29, 0.717) is 25.9 Å². The Labute approximate surface area is 137 Å². The van der Waals surface area contributed by atoms with Crippen molar-refractivity contribution in [3.63, 3.8) is 0 Å². The molecule has 1 amide bonds. The zero-order valence-corrected chi connectivity index (χ0v) is 13.9. The molecule has 23 heavy (non-hydrogen) atoms. The lowest BCUT2D eigenvalue weighted by Gasteiger charge is -2.33. The Morgan fingerprint density at radius 1 is 1.04 bits per heavy atom. The van der Waals surface area contributed by atoms with Crippen LogP contribution in [0.15, 0.2) is 30.3 Å². The first-order chi connectivity index (χ1) is 11.0. The Kier molecular flexibility index (Phi) is 4.70. The molecule has 2 aliphatic rings. The van der Waals surface area contributed by atoms with E-state index in [1.807, 2.05) is 23.1 Å². The first-order valence-electron chi connectivity index (χ1n) is 8.10. The number of benzene rings is 1.